The van der Waals surface area contributed by atoms with E-state index in [0.29, 0.717) is 36.0 Å². The van der Waals surface area contributed by atoms with E-state index in [1.165, 1.54) is 28.3 Å². The lowest BCUT2D eigenvalue weighted by Crippen LogP contribution is -2.30. The number of carbonyl (C=O) groups excluding carboxylic acids is 1. The monoisotopic (exact) mass is 460 g/mol. The second-order valence-corrected chi connectivity index (χ2v) is 8.32. The number of hydrogen-bond acceptors (Lipinski definition) is 6. The normalized spacial score (nSPS) is 10.7. The van der Waals surface area contributed by atoms with Crippen molar-refractivity contribution in [1.82, 2.24) is 19.9 Å². The predicted molar refractivity (Wildman–Crippen MR) is 130 cm³/mol. The maximum absolute atomic E-state index is 12.6. The molecule has 2 aromatic heterocycles. The first-order chi connectivity index (χ1) is 16.0. The van der Waals surface area contributed by atoms with Crippen LogP contribution >= 0.6 is 11.3 Å². The molecule has 0 radical (unpaired) electrons. The van der Waals surface area contributed by atoms with Crippen LogP contribution in [0.15, 0.2) is 71.8 Å². The second kappa shape index (κ2) is 10.2. The topological polar surface area (TPSA) is 86.1 Å². The molecular formula is C25H24N4O3S. The molecule has 0 spiro atoms. The predicted octanol–water partition coefficient (Wildman–Crippen LogP) is 4.17. The summed E-state index contributed by atoms with van der Waals surface area (Å²) in [5.74, 6) is 0.580. The zero-order valence-corrected chi connectivity index (χ0v) is 19.3. The van der Waals surface area contributed by atoms with Gasteiger partial charge in [0.1, 0.15) is 15.6 Å². The van der Waals surface area contributed by atoms with Gasteiger partial charge < -0.3 is 10.1 Å². The fourth-order valence-electron chi connectivity index (χ4n) is 3.32. The molecule has 2 aromatic carbocycles. The minimum atomic E-state index is -0.195. The second-order valence-electron chi connectivity index (χ2n) is 7.32. The lowest BCUT2D eigenvalue weighted by molar-refractivity contribution is 0.0955. The van der Waals surface area contributed by atoms with Crippen LogP contribution in [0.3, 0.4) is 0 Å². The highest BCUT2D eigenvalue weighted by atomic mass is 32.1. The third kappa shape index (κ3) is 5.35. The Kier molecular flexibility index (Phi) is 6.95. The van der Waals surface area contributed by atoms with Crippen LogP contribution in [0.25, 0.3) is 21.8 Å². The van der Waals surface area contributed by atoms with Crippen LogP contribution in [0.1, 0.15) is 22.3 Å². The van der Waals surface area contributed by atoms with Gasteiger partial charge in [-0.1, -0.05) is 30.3 Å². The summed E-state index contributed by atoms with van der Waals surface area (Å²) in [7, 11) is 0. The maximum atomic E-state index is 12.6. The van der Waals surface area contributed by atoms with Crippen molar-refractivity contribution in [1.29, 1.82) is 0 Å². The van der Waals surface area contributed by atoms with Crippen molar-refractivity contribution in [2.24, 2.45) is 0 Å². The van der Waals surface area contributed by atoms with Gasteiger partial charge in [0.05, 0.1) is 24.3 Å². The molecule has 0 aliphatic rings. The fourth-order valence-corrected chi connectivity index (χ4v) is 4.31. The Labute approximate surface area is 195 Å². The highest BCUT2D eigenvalue weighted by Gasteiger charge is 2.16. The molecule has 33 heavy (non-hydrogen) atoms. The molecule has 168 valence electrons. The van der Waals surface area contributed by atoms with E-state index in [1.54, 1.807) is 0 Å². The number of amides is 1. The molecule has 4 rings (SSSR count). The Bertz CT molecular complexity index is 1300. The molecule has 1 N–H and O–H groups in total. The summed E-state index contributed by atoms with van der Waals surface area (Å²) in [4.78, 5) is 34.7. The molecule has 0 aliphatic heterocycles. The van der Waals surface area contributed by atoms with Gasteiger partial charge in [-0.05, 0) is 38.1 Å². The molecular weight excluding hydrogens is 436 g/mol. The fraction of sp³-hybridized carbons (Fsp3) is 0.200. The quantitative estimate of drug-likeness (QED) is 0.427. The molecule has 0 saturated carbocycles. The van der Waals surface area contributed by atoms with Gasteiger partial charge in [0.25, 0.3) is 11.5 Å². The average molecular weight is 461 g/mol. The summed E-state index contributed by atoms with van der Waals surface area (Å²) in [5.41, 5.74) is 2.93. The van der Waals surface area contributed by atoms with Gasteiger partial charge in [0.2, 0.25) is 0 Å². The first-order valence-corrected chi connectivity index (χ1v) is 11.5. The molecule has 7 nitrogen and oxygen atoms in total. The average Bonchev–Trinajstić information content (AvgIpc) is 3.23. The van der Waals surface area contributed by atoms with Crippen molar-refractivity contribution >= 4 is 17.2 Å². The number of nitrogens with zero attached hydrogens (tertiary/aromatic N) is 3. The molecule has 1 amide bonds. The van der Waals surface area contributed by atoms with E-state index >= 15 is 0 Å². The summed E-state index contributed by atoms with van der Waals surface area (Å²) in [5, 5.41) is 3.68. The molecule has 8 heteroatoms. The van der Waals surface area contributed by atoms with E-state index in [-0.39, 0.29) is 11.5 Å². The van der Waals surface area contributed by atoms with Gasteiger partial charge in [-0.3, -0.25) is 14.2 Å². The number of benzene rings is 2. The van der Waals surface area contributed by atoms with E-state index < -0.39 is 0 Å². The number of nitrogens with one attached hydrogen (secondary N) is 1. The number of aryl methyl sites for hydroxylation is 1. The Hall–Kier alpha value is -3.78. The Morgan fingerprint density at radius 2 is 1.85 bits per heavy atom. The van der Waals surface area contributed by atoms with Gasteiger partial charge in [0.15, 0.2) is 0 Å². The summed E-state index contributed by atoms with van der Waals surface area (Å²) in [6.07, 6.45) is 1.51. The number of aromatic nitrogens is 3. The minimum absolute atomic E-state index is 0.177. The molecule has 2 heterocycles. The van der Waals surface area contributed by atoms with Crippen LogP contribution < -0.4 is 15.6 Å². The maximum Gasteiger partial charge on any atom is 0.263 e. The van der Waals surface area contributed by atoms with Gasteiger partial charge in [-0.15, -0.1) is 11.3 Å². The standard InChI is InChI=1S/C25H24N4O3S/c1-3-32-20-11-9-18(10-12-20)21-15-22(30)29(16-27-21)14-13-26-24(31)23-17(2)28-25(33-23)19-7-5-4-6-8-19/h4-12,15-16H,3,13-14H2,1-2H3,(H,26,31). The number of ether oxygens (including phenoxy) is 1. The molecule has 0 saturated heterocycles. The van der Waals surface area contributed by atoms with Gasteiger partial charge in [-0.2, -0.15) is 0 Å². The molecule has 0 unspecified atom stereocenters. The molecule has 4 aromatic rings. The van der Waals surface area contributed by atoms with Crippen molar-refractivity contribution in [3.8, 4) is 27.6 Å². The third-order valence-corrected chi connectivity index (χ3v) is 6.21. The Morgan fingerprint density at radius 1 is 1.09 bits per heavy atom. The van der Waals surface area contributed by atoms with Crippen molar-refractivity contribution in [2.75, 3.05) is 13.2 Å². The van der Waals surface area contributed by atoms with Crippen molar-refractivity contribution < 1.29 is 9.53 Å². The Morgan fingerprint density at radius 3 is 2.55 bits per heavy atom. The van der Waals surface area contributed by atoms with Crippen LogP contribution in [0.2, 0.25) is 0 Å². The number of carbonyl (C=O) groups is 1. The summed E-state index contributed by atoms with van der Waals surface area (Å²) >= 11 is 1.36. The Balaban J connectivity index is 1.37. The summed E-state index contributed by atoms with van der Waals surface area (Å²) in [6.45, 7) is 4.98. The van der Waals surface area contributed by atoms with E-state index in [2.05, 4.69) is 15.3 Å². The zero-order valence-electron chi connectivity index (χ0n) is 18.4. The number of rotatable bonds is 8. The van der Waals surface area contributed by atoms with Crippen LogP contribution in [0.4, 0.5) is 0 Å². The van der Waals surface area contributed by atoms with Crippen LogP contribution in [0, 0.1) is 6.92 Å². The third-order valence-electron chi connectivity index (χ3n) is 5.00. The molecule has 0 atom stereocenters. The van der Waals surface area contributed by atoms with Crippen molar-refractivity contribution in [2.45, 2.75) is 20.4 Å². The van der Waals surface area contributed by atoms with Crippen LogP contribution in [-0.2, 0) is 6.54 Å². The first kappa shape index (κ1) is 22.4. The van der Waals surface area contributed by atoms with Crippen LogP contribution in [-0.4, -0.2) is 33.6 Å². The SMILES string of the molecule is CCOc1ccc(-c2cc(=O)n(CCNC(=O)c3sc(-c4ccccc4)nc3C)cn2)cc1. The smallest absolute Gasteiger partial charge is 0.263 e. The number of hydrogen-bond donors (Lipinski definition) is 1. The highest BCUT2D eigenvalue weighted by Crippen LogP contribution is 2.27. The lowest BCUT2D eigenvalue weighted by Gasteiger charge is -2.08. The van der Waals surface area contributed by atoms with Crippen LogP contribution in [0.5, 0.6) is 5.75 Å². The van der Waals surface area contributed by atoms with E-state index in [0.717, 1.165) is 21.9 Å². The van der Waals surface area contributed by atoms with E-state index in [4.69, 9.17) is 4.74 Å². The van der Waals surface area contributed by atoms with Gasteiger partial charge >= 0.3 is 0 Å². The lowest BCUT2D eigenvalue weighted by atomic mass is 10.1. The first-order valence-electron chi connectivity index (χ1n) is 10.7. The zero-order chi connectivity index (χ0) is 23.2. The molecule has 0 aliphatic carbocycles. The van der Waals surface area contributed by atoms with Crippen molar-refractivity contribution in [3.63, 3.8) is 0 Å². The van der Waals surface area contributed by atoms with E-state index in [9.17, 15) is 9.59 Å². The largest absolute Gasteiger partial charge is 0.494 e. The highest BCUT2D eigenvalue weighted by molar-refractivity contribution is 7.17. The van der Waals surface area contributed by atoms with Crippen molar-refractivity contribution in [3.05, 3.63) is 87.9 Å². The minimum Gasteiger partial charge on any atom is -0.494 e. The summed E-state index contributed by atoms with van der Waals surface area (Å²) < 4.78 is 6.92. The number of thiazole rings is 1. The molecule has 0 bridgehead atoms. The molecule has 0 fully saturated rings. The van der Waals surface area contributed by atoms with Gasteiger partial charge in [0, 0.05) is 30.3 Å². The van der Waals surface area contributed by atoms with Gasteiger partial charge in [-0.25, -0.2) is 9.97 Å². The van der Waals surface area contributed by atoms with E-state index in [1.807, 2.05) is 68.4 Å². The summed E-state index contributed by atoms with van der Waals surface area (Å²) in [6, 6.07) is 18.7.